The highest BCUT2D eigenvalue weighted by molar-refractivity contribution is 7.99. The number of thioether (sulfide) groups is 1. The highest BCUT2D eigenvalue weighted by Gasteiger charge is 2.32. The molecule has 2 amide bonds. The summed E-state index contributed by atoms with van der Waals surface area (Å²) < 4.78 is 0. The van der Waals surface area contributed by atoms with Gasteiger partial charge in [-0.05, 0) is 35.6 Å². The second-order valence-corrected chi connectivity index (χ2v) is 10.7. The Hall–Kier alpha value is -2.76. The van der Waals surface area contributed by atoms with Crippen molar-refractivity contribution in [1.29, 1.82) is 0 Å². The molecule has 0 heterocycles. The maximum absolute atomic E-state index is 13.7. The molecular weight excluding hydrogens is 488 g/mol. The molecule has 4 rings (SSSR count). The van der Waals surface area contributed by atoms with E-state index in [4.69, 9.17) is 11.6 Å². The zero-order valence-corrected chi connectivity index (χ0v) is 22.0. The average Bonchev–Trinajstić information content (AvgIpc) is 3.41. The molecule has 0 bridgehead atoms. The van der Waals surface area contributed by atoms with Crippen molar-refractivity contribution < 1.29 is 9.59 Å². The van der Waals surface area contributed by atoms with Crippen molar-refractivity contribution >= 4 is 35.2 Å². The first-order valence-corrected chi connectivity index (χ1v) is 14.1. The number of benzene rings is 3. The summed E-state index contributed by atoms with van der Waals surface area (Å²) in [5.41, 5.74) is 3.04. The Morgan fingerprint density at radius 3 is 2.17 bits per heavy atom. The largest absolute Gasteiger partial charge is 0.352 e. The number of hydrogen-bond donors (Lipinski definition) is 1. The van der Waals surface area contributed by atoms with Gasteiger partial charge in [0.05, 0.1) is 5.75 Å². The molecule has 1 fully saturated rings. The Bertz CT molecular complexity index is 1120. The number of rotatable bonds is 11. The van der Waals surface area contributed by atoms with E-state index in [1.807, 2.05) is 72.8 Å². The molecule has 6 heteroatoms. The van der Waals surface area contributed by atoms with E-state index in [0.29, 0.717) is 23.7 Å². The third kappa shape index (κ3) is 7.62. The molecule has 3 aromatic rings. The summed E-state index contributed by atoms with van der Waals surface area (Å²) in [6.07, 6.45) is 4.71. The summed E-state index contributed by atoms with van der Waals surface area (Å²) in [6, 6.07) is 27.2. The van der Waals surface area contributed by atoms with Crippen molar-refractivity contribution in [1.82, 2.24) is 10.2 Å². The Morgan fingerprint density at radius 2 is 1.50 bits per heavy atom. The van der Waals surface area contributed by atoms with Crippen molar-refractivity contribution in [3.05, 3.63) is 107 Å². The number of carbonyl (C=O) groups excluding carboxylic acids is 2. The summed E-state index contributed by atoms with van der Waals surface area (Å²) in [4.78, 5) is 29.1. The van der Waals surface area contributed by atoms with Gasteiger partial charge < -0.3 is 10.2 Å². The first-order valence-electron chi connectivity index (χ1n) is 12.6. The van der Waals surface area contributed by atoms with Gasteiger partial charge in [0.15, 0.2) is 0 Å². The van der Waals surface area contributed by atoms with Gasteiger partial charge in [-0.1, -0.05) is 103 Å². The normalized spacial score (nSPS) is 14.4. The lowest BCUT2D eigenvalue weighted by molar-refractivity contribution is -0.139. The predicted molar refractivity (Wildman–Crippen MR) is 149 cm³/mol. The molecule has 1 atom stereocenters. The summed E-state index contributed by atoms with van der Waals surface area (Å²) in [5.74, 6) is 0.892. The van der Waals surface area contributed by atoms with Crippen LogP contribution < -0.4 is 5.32 Å². The zero-order valence-electron chi connectivity index (χ0n) is 20.4. The first kappa shape index (κ1) is 26.3. The molecule has 1 saturated carbocycles. The SMILES string of the molecule is O=C(NC1CCCC1)[C@H](Cc1ccccc1)N(Cc1ccccc1Cl)C(=O)CSCc1ccccc1. The van der Waals surface area contributed by atoms with Crippen LogP contribution in [0.5, 0.6) is 0 Å². The Morgan fingerprint density at radius 1 is 0.889 bits per heavy atom. The molecule has 3 aromatic carbocycles. The average molecular weight is 521 g/mol. The van der Waals surface area contributed by atoms with E-state index in [1.165, 1.54) is 5.56 Å². The summed E-state index contributed by atoms with van der Waals surface area (Å²) in [6.45, 7) is 0.292. The van der Waals surface area contributed by atoms with Crippen LogP contribution >= 0.6 is 23.4 Å². The predicted octanol–water partition coefficient (Wildman–Crippen LogP) is 6.27. The van der Waals surface area contributed by atoms with Crippen LogP contribution in [-0.4, -0.2) is 34.6 Å². The Labute approximate surface area is 223 Å². The number of hydrogen-bond acceptors (Lipinski definition) is 3. The van der Waals surface area contributed by atoms with Crippen molar-refractivity contribution in [3.8, 4) is 0 Å². The van der Waals surface area contributed by atoms with Crippen LogP contribution in [0.2, 0.25) is 5.02 Å². The van der Waals surface area contributed by atoms with E-state index in [1.54, 1.807) is 16.7 Å². The van der Waals surface area contributed by atoms with E-state index in [0.717, 1.165) is 42.6 Å². The molecule has 0 spiro atoms. The maximum Gasteiger partial charge on any atom is 0.243 e. The molecular formula is C30H33ClN2O2S. The molecule has 0 unspecified atom stereocenters. The third-order valence-electron chi connectivity index (χ3n) is 6.61. The van der Waals surface area contributed by atoms with Crippen LogP contribution in [0.3, 0.4) is 0 Å². The summed E-state index contributed by atoms with van der Waals surface area (Å²) >= 11 is 8.07. The third-order valence-corrected chi connectivity index (χ3v) is 7.97. The molecule has 188 valence electrons. The van der Waals surface area contributed by atoms with Gasteiger partial charge in [-0.3, -0.25) is 9.59 Å². The van der Waals surface area contributed by atoms with Crippen molar-refractivity contribution in [2.75, 3.05) is 5.75 Å². The van der Waals surface area contributed by atoms with Crippen LogP contribution in [0, 0.1) is 0 Å². The van der Waals surface area contributed by atoms with Crippen molar-refractivity contribution in [2.24, 2.45) is 0 Å². The second kappa shape index (κ2) is 13.5. The minimum Gasteiger partial charge on any atom is -0.352 e. The topological polar surface area (TPSA) is 49.4 Å². The van der Waals surface area contributed by atoms with E-state index in [2.05, 4.69) is 17.4 Å². The van der Waals surface area contributed by atoms with E-state index in [-0.39, 0.29) is 17.9 Å². The minimum atomic E-state index is -0.617. The number of nitrogens with one attached hydrogen (secondary N) is 1. The van der Waals surface area contributed by atoms with Gasteiger partial charge in [-0.15, -0.1) is 11.8 Å². The lowest BCUT2D eigenvalue weighted by Gasteiger charge is -2.32. The van der Waals surface area contributed by atoms with Gasteiger partial charge in [0.2, 0.25) is 11.8 Å². The van der Waals surface area contributed by atoms with Crippen LogP contribution in [-0.2, 0) is 28.3 Å². The summed E-state index contributed by atoms with van der Waals surface area (Å²) in [5, 5.41) is 3.84. The lowest BCUT2D eigenvalue weighted by Crippen LogP contribution is -2.52. The molecule has 4 nitrogen and oxygen atoms in total. The molecule has 1 N–H and O–H groups in total. The fourth-order valence-corrected chi connectivity index (χ4v) is 5.71. The molecule has 0 radical (unpaired) electrons. The standard InChI is InChI=1S/C30H33ClN2O2S/c31-27-18-10-7-15-25(27)20-33(29(34)22-36-21-24-13-5-2-6-14-24)28(19-23-11-3-1-4-12-23)30(35)32-26-16-8-9-17-26/h1-7,10-15,18,26,28H,8-9,16-17,19-22H2,(H,32,35)/t28-/m0/s1. The fourth-order valence-electron chi connectivity index (χ4n) is 4.64. The van der Waals surface area contributed by atoms with Crippen LogP contribution in [0.4, 0.5) is 0 Å². The second-order valence-electron chi connectivity index (χ2n) is 9.29. The Balaban J connectivity index is 1.57. The van der Waals surface area contributed by atoms with Gasteiger partial charge in [-0.2, -0.15) is 0 Å². The number of nitrogens with zero attached hydrogens (tertiary/aromatic N) is 1. The van der Waals surface area contributed by atoms with Gasteiger partial charge in [-0.25, -0.2) is 0 Å². The van der Waals surface area contributed by atoms with Crippen molar-refractivity contribution in [2.45, 2.75) is 56.5 Å². The molecule has 1 aliphatic rings. The number of carbonyl (C=O) groups is 2. The summed E-state index contributed by atoms with van der Waals surface area (Å²) in [7, 11) is 0. The maximum atomic E-state index is 13.7. The lowest BCUT2D eigenvalue weighted by atomic mass is 10.0. The Kier molecular flexibility index (Phi) is 9.88. The molecule has 36 heavy (non-hydrogen) atoms. The van der Waals surface area contributed by atoms with Crippen molar-refractivity contribution in [3.63, 3.8) is 0 Å². The van der Waals surface area contributed by atoms with Gasteiger partial charge in [0.1, 0.15) is 6.04 Å². The van der Waals surface area contributed by atoms with Gasteiger partial charge in [0.25, 0.3) is 0 Å². The quantitative estimate of drug-likeness (QED) is 0.324. The highest BCUT2D eigenvalue weighted by atomic mass is 35.5. The van der Waals surface area contributed by atoms with Crippen LogP contribution in [0.15, 0.2) is 84.9 Å². The fraction of sp³-hybridized carbons (Fsp3) is 0.333. The molecule has 0 aliphatic heterocycles. The number of halogens is 1. The number of amides is 2. The highest BCUT2D eigenvalue weighted by Crippen LogP contribution is 2.23. The molecule has 1 aliphatic carbocycles. The zero-order chi connectivity index (χ0) is 25.2. The van der Waals surface area contributed by atoms with E-state index in [9.17, 15) is 9.59 Å². The van der Waals surface area contributed by atoms with Crippen LogP contribution in [0.1, 0.15) is 42.4 Å². The minimum absolute atomic E-state index is 0.0571. The molecule has 0 saturated heterocycles. The monoisotopic (exact) mass is 520 g/mol. The van der Waals surface area contributed by atoms with Crippen LogP contribution in [0.25, 0.3) is 0 Å². The van der Waals surface area contributed by atoms with Gasteiger partial charge in [0, 0.05) is 29.8 Å². The first-order chi connectivity index (χ1) is 17.6. The van der Waals surface area contributed by atoms with E-state index < -0.39 is 6.04 Å². The molecule has 0 aromatic heterocycles. The van der Waals surface area contributed by atoms with E-state index >= 15 is 0 Å². The van der Waals surface area contributed by atoms with Gasteiger partial charge >= 0.3 is 0 Å². The smallest absolute Gasteiger partial charge is 0.243 e.